The van der Waals surface area contributed by atoms with Crippen molar-refractivity contribution in [1.82, 2.24) is 15.4 Å². The van der Waals surface area contributed by atoms with Crippen LogP contribution in [0.2, 0.25) is 0 Å². The molecule has 0 aromatic carbocycles. The van der Waals surface area contributed by atoms with Gasteiger partial charge in [0, 0.05) is 12.6 Å². The van der Waals surface area contributed by atoms with Crippen LogP contribution in [0.25, 0.3) is 0 Å². The van der Waals surface area contributed by atoms with E-state index in [0.29, 0.717) is 0 Å². The van der Waals surface area contributed by atoms with E-state index >= 15 is 0 Å². The lowest BCUT2D eigenvalue weighted by molar-refractivity contribution is 0.178. The molecule has 1 fully saturated rings. The van der Waals surface area contributed by atoms with Gasteiger partial charge in [0.1, 0.15) is 11.5 Å². The molecule has 0 bridgehead atoms. The van der Waals surface area contributed by atoms with Crippen LogP contribution in [0.5, 0.6) is 0 Å². The SMILES string of the molecule is Cc1cc([C@@H]2CCCN2C(=O)N[C@H](C)c2ccc(C)o2)on1. The monoisotopic (exact) mass is 303 g/mol. The van der Waals surface area contributed by atoms with E-state index in [1.54, 1.807) is 0 Å². The van der Waals surface area contributed by atoms with Crippen LogP contribution in [0.1, 0.15) is 54.8 Å². The van der Waals surface area contributed by atoms with Crippen molar-refractivity contribution in [3.63, 3.8) is 0 Å². The molecule has 118 valence electrons. The van der Waals surface area contributed by atoms with Gasteiger partial charge in [0.25, 0.3) is 0 Å². The van der Waals surface area contributed by atoms with Crippen LogP contribution in [-0.4, -0.2) is 22.6 Å². The smallest absolute Gasteiger partial charge is 0.318 e. The van der Waals surface area contributed by atoms with Crippen molar-refractivity contribution in [2.24, 2.45) is 0 Å². The number of aromatic nitrogens is 1. The van der Waals surface area contributed by atoms with Crippen molar-refractivity contribution in [3.05, 3.63) is 41.2 Å². The molecular weight excluding hydrogens is 282 g/mol. The minimum atomic E-state index is -0.168. The maximum atomic E-state index is 12.5. The normalized spacial score (nSPS) is 19.4. The molecular formula is C16H21N3O3. The highest BCUT2D eigenvalue weighted by Crippen LogP contribution is 2.32. The van der Waals surface area contributed by atoms with Crippen LogP contribution in [0.4, 0.5) is 4.79 Å². The van der Waals surface area contributed by atoms with Crippen LogP contribution < -0.4 is 5.32 Å². The van der Waals surface area contributed by atoms with E-state index in [-0.39, 0.29) is 18.1 Å². The lowest BCUT2D eigenvalue weighted by Crippen LogP contribution is -2.40. The quantitative estimate of drug-likeness (QED) is 0.942. The summed E-state index contributed by atoms with van der Waals surface area (Å²) in [5.41, 5.74) is 0.835. The second kappa shape index (κ2) is 5.87. The topological polar surface area (TPSA) is 71.5 Å². The van der Waals surface area contributed by atoms with Crippen molar-refractivity contribution in [1.29, 1.82) is 0 Å². The van der Waals surface area contributed by atoms with Crippen LogP contribution >= 0.6 is 0 Å². The number of likely N-dealkylation sites (tertiary alicyclic amines) is 1. The average Bonchev–Trinajstić information content (AvgIpc) is 3.17. The highest BCUT2D eigenvalue weighted by atomic mass is 16.5. The van der Waals surface area contributed by atoms with Crippen molar-refractivity contribution < 1.29 is 13.7 Å². The first-order valence-electron chi connectivity index (χ1n) is 7.61. The third kappa shape index (κ3) is 2.86. The molecule has 3 rings (SSSR count). The van der Waals surface area contributed by atoms with Gasteiger partial charge in [-0.05, 0) is 45.7 Å². The van der Waals surface area contributed by atoms with Gasteiger partial charge in [0.15, 0.2) is 5.76 Å². The molecule has 2 atom stereocenters. The van der Waals surface area contributed by atoms with Gasteiger partial charge < -0.3 is 19.2 Å². The van der Waals surface area contributed by atoms with Crippen LogP contribution in [0.3, 0.4) is 0 Å². The summed E-state index contributed by atoms with van der Waals surface area (Å²) in [6, 6.07) is 5.38. The zero-order valence-corrected chi connectivity index (χ0v) is 13.1. The predicted octanol–water partition coefficient (Wildman–Crippen LogP) is 3.49. The van der Waals surface area contributed by atoms with Crippen molar-refractivity contribution >= 4 is 6.03 Å². The Hall–Kier alpha value is -2.24. The molecule has 0 radical (unpaired) electrons. The first-order chi connectivity index (χ1) is 10.5. The number of carbonyl (C=O) groups is 1. The second-order valence-corrected chi connectivity index (χ2v) is 5.84. The summed E-state index contributed by atoms with van der Waals surface area (Å²) >= 11 is 0. The van der Waals surface area contributed by atoms with E-state index in [2.05, 4.69) is 10.5 Å². The zero-order chi connectivity index (χ0) is 15.7. The molecule has 1 aliphatic heterocycles. The number of rotatable bonds is 3. The summed E-state index contributed by atoms with van der Waals surface area (Å²) < 4.78 is 10.9. The van der Waals surface area contributed by atoms with Gasteiger partial charge >= 0.3 is 6.03 Å². The molecule has 2 amide bonds. The molecule has 2 aromatic rings. The van der Waals surface area contributed by atoms with Gasteiger partial charge in [0.05, 0.1) is 17.8 Å². The van der Waals surface area contributed by atoms with E-state index in [9.17, 15) is 4.79 Å². The standard InChI is InChI=1S/C16H21N3O3/c1-10-9-15(22-18-10)13-5-4-8-19(13)16(20)17-12(3)14-7-6-11(2)21-14/h6-7,9,12-13H,4-5,8H2,1-3H3,(H,17,20)/t12-,13+/m1/s1. The summed E-state index contributed by atoms with van der Waals surface area (Å²) in [6.45, 7) is 6.41. The summed E-state index contributed by atoms with van der Waals surface area (Å²) in [7, 11) is 0. The van der Waals surface area contributed by atoms with Gasteiger partial charge in [-0.1, -0.05) is 5.16 Å². The number of nitrogens with zero attached hydrogens (tertiary/aromatic N) is 2. The number of furan rings is 1. The Balaban J connectivity index is 1.68. The number of amides is 2. The molecule has 0 aliphatic carbocycles. The summed E-state index contributed by atoms with van der Waals surface area (Å²) in [5, 5.41) is 6.91. The summed E-state index contributed by atoms with van der Waals surface area (Å²) in [6.07, 6.45) is 1.86. The lowest BCUT2D eigenvalue weighted by atomic mass is 10.1. The number of urea groups is 1. The Morgan fingerprint density at radius 3 is 2.91 bits per heavy atom. The molecule has 0 saturated carbocycles. The van der Waals surface area contributed by atoms with E-state index < -0.39 is 0 Å². The molecule has 6 nitrogen and oxygen atoms in total. The van der Waals surface area contributed by atoms with Gasteiger partial charge in [-0.3, -0.25) is 0 Å². The maximum Gasteiger partial charge on any atom is 0.318 e. The molecule has 1 saturated heterocycles. The van der Waals surface area contributed by atoms with Crippen LogP contribution in [0, 0.1) is 13.8 Å². The largest absolute Gasteiger partial charge is 0.464 e. The predicted molar refractivity (Wildman–Crippen MR) is 80.3 cm³/mol. The highest BCUT2D eigenvalue weighted by molar-refractivity contribution is 5.75. The van der Waals surface area contributed by atoms with Crippen LogP contribution in [0.15, 0.2) is 27.1 Å². The molecule has 1 N–H and O–H groups in total. The zero-order valence-electron chi connectivity index (χ0n) is 13.1. The van der Waals surface area contributed by atoms with Gasteiger partial charge in [-0.2, -0.15) is 0 Å². The molecule has 0 spiro atoms. The Labute approximate surface area is 129 Å². The van der Waals surface area contributed by atoms with E-state index in [0.717, 1.165) is 42.4 Å². The summed E-state index contributed by atoms with van der Waals surface area (Å²) in [5.74, 6) is 2.36. The highest BCUT2D eigenvalue weighted by Gasteiger charge is 2.33. The van der Waals surface area contributed by atoms with Gasteiger partial charge in [0.2, 0.25) is 0 Å². The van der Waals surface area contributed by atoms with E-state index in [4.69, 9.17) is 8.94 Å². The fourth-order valence-corrected chi connectivity index (χ4v) is 2.87. The second-order valence-electron chi connectivity index (χ2n) is 5.84. The molecule has 1 aliphatic rings. The molecule has 0 unspecified atom stereocenters. The Morgan fingerprint density at radius 1 is 1.45 bits per heavy atom. The van der Waals surface area contributed by atoms with Gasteiger partial charge in [-0.15, -0.1) is 0 Å². The molecule has 22 heavy (non-hydrogen) atoms. The fourth-order valence-electron chi connectivity index (χ4n) is 2.87. The van der Waals surface area contributed by atoms with Crippen molar-refractivity contribution in [2.45, 2.75) is 45.7 Å². The fraction of sp³-hybridized carbons (Fsp3) is 0.500. The lowest BCUT2D eigenvalue weighted by Gasteiger charge is -2.24. The van der Waals surface area contributed by atoms with E-state index in [1.165, 1.54) is 0 Å². The maximum absolute atomic E-state index is 12.5. The number of nitrogens with one attached hydrogen (secondary N) is 1. The van der Waals surface area contributed by atoms with E-state index in [1.807, 2.05) is 43.9 Å². The summed E-state index contributed by atoms with van der Waals surface area (Å²) in [4.78, 5) is 14.3. The molecule has 6 heteroatoms. The minimum absolute atomic E-state index is 0.0354. The molecule has 3 heterocycles. The Morgan fingerprint density at radius 2 is 2.27 bits per heavy atom. The molecule has 2 aromatic heterocycles. The van der Waals surface area contributed by atoms with Gasteiger partial charge in [-0.25, -0.2) is 4.79 Å². The first kappa shape index (κ1) is 14.7. The number of aryl methyl sites for hydroxylation is 2. The Kier molecular flexibility index (Phi) is 3.92. The Bertz CT molecular complexity index is 661. The average molecular weight is 303 g/mol. The third-order valence-corrected chi connectivity index (χ3v) is 4.02. The van der Waals surface area contributed by atoms with Crippen molar-refractivity contribution in [2.75, 3.05) is 6.54 Å². The minimum Gasteiger partial charge on any atom is -0.464 e. The first-order valence-corrected chi connectivity index (χ1v) is 7.61. The number of hydrogen-bond donors (Lipinski definition) is 1. The third-order valence-electron chi connectivity index (χ3n) is 4.02. The number of hydrogen-bond acceptors (Lipinski definition) is 4. The van der Waals surface area contributed by atoms with Crippen LogP contribution in [-0.2, 0) is 0 Å². The number of carbonyl (C=O) groups excluding carboxylic acids is 1. The van der Waals surface area contributed by atoms with Crippen molar-refractivity contribution in [3.8, 4) is 0 Å².